The fraction of sp³-hybridized carbons (Fsp3) is 0.520. The van der Waals surface area contributed by atoms with E-state index in [1.54, 1.807) is 0 Å². The van der Waals surface area contributed by atoms with Gasteiger partial charge in [-0.2, -0.15) is 0 Å². The van der Waals surface area contributed by atoms with E-state index in [0.29, 0.717) is 0 Å². The summed E-state index contributed by atoms with van der Waals surface area (Å²) in [6, 6.07) is 0. The molecule has 0 unspecified atom stereocenters. The molecular weight excluding hydrogens is 524 g/mol. The highest BCUT2D eigenvalue weighted by Crippen LogP contribution is 2.56. The van der Waals surface area contributed by atoms with Gasteiger partial charge < -0.3 is 49.6 Å². The van der Waals surface area contributed by atoms with E-state index in [-0.39, 0.29) is 11.1 Å². The first kappa shape index (κ1) is 35.6. The Morgan fingerprint density at radius 2 is 0.769 bits per heavy atom. The number of aliphatic hydroxyl groups is 6. The lowest BCUT2D eigenvalue weighted by molar-refractivity contribution is -0.441. The van der Waals surface area contributed by atoms with Crippen LogP contribution < -0.4 is 0 Å². The Labute approximate surface area is 225 Å². The fourth-order valence-corrected chi connectivity index (χ4v) is 3.36. The standard InChI is InChI=1S/C25H36O14/c1-14(2)18(31)36-24(13-30,37-19(32)15(3)4)22(9-26,10-27)23(11-28,12-29)25(35,38-20(33)16(5)6)39-21(34)17(7)8/h26-30,35H,1,3,5,7,9-13H2,2,4,6,8H3. The SMILES string of the molecule is C=C(C)C(=O)OC(O)(OC(=O)C(=C)C)C(CO)(CO)C(CO)(CO)C(CO)(OC(=O)C(=C)C)OC(=O)C(=C)C. The third-order valence-electron chi connectivity index (χ3n) is 5.91. The average molecular weight is 561 g/mol. The molecule has 39 heavy (non-hydrogen) atoms. The summed E-state index contributed by atoms with van der Waals surface area (Å²) in [6.07, 6.45) is 0. The van der Waals surface area contributed by atoms with Crippen LogP contribution in [0.25, 0.3) is 0 Å². The summed E-state index contributed by atoms with van der Waals surface area (Å²) in [4.78, 5) is 50.3. The van der Waals surface area contributed by atoms with E-state index >= 15 is 0 Å². The second-order valence-corrected chi connectivity index (χ2v) is 8.97. The second kappa shape index (κ2) is 13.6. The van der Waals surface area contributed by atoms with Crippen LogP contribution in [-0.4, -0.2) is 99.3 Å². The highest BCUT2D eigenvalue weighted by molar-refractivity contribution is 5.90. The quantitative estimate of drug-likeness (QED) is 0.0736. The number of esters is 4. The number of aliphatic hydroxyl groups excluding tert-OH is 5. The number of ether oxygens (including phenoxy) is 4. The first-order chi connectivity index (χ1) is 17.9. The third kappa shape index (κ3) is 6.61. The van der Waals surface area contributed by atoms with Crippen molar-refractivity contribution < 1.29 is 68.8 Å². The lowest BCUT2D eigenvalue weighted by atomic mass is 9.58. The molecule has 0 atom stereocenters. The van der Waals surface area contributed by atoms with Crippen molar-refractivity contribution in [3.8, 4) is 0 Å². The van der Waals surface area contributed by atoms with Crippen molar-refractivity contribution >= 4 is 23.9 Å². The Hall–Kier alpha value is -3.40. The van der Waals surface area contributed by atoms with Crippen LogP contribution in [0.1, 0.15) is 27.7 Å². The van der Waals surface area contributed by atoms with Crippen LogP contribution in [-0.2, 0) is 38.1 Å². The van der Waals surface area contributed by atoms with Crippen LogP contribution in [0.2, 0.25) is 0 Å². The van der Waals surface area contributed by atoms with Crippen LogP contribution in [0.5, 0.6) is 0 Å². The van der Waals surface area contributed by atoms with E-state index in [0.717, 1.165) is 27.7 Å². The van der Waals surface area contributed by atoms with Gasteiger partial charge >= 0.3 is 29.9 Å². The maximum absolute atomic E-state index is 12.6. The van der Waals surface area contributed by atoms with Crippen molar-refractivity contribution in [1.82, 2.24) is 0 Å². The Kier molecular flexibility index (Phi) is 12.4. The molecule has 14 heteroatoms. The smallest absolute Gasteiger partial charge is 0.385 e. The fourth-order valence-electron chi connectivity index (χ4n) is 3.36. The second-order valence-electron chi connectivity index (χ2n) is 8.97. The molecule has 0 aromatic heterocycles. The van der Waals surface area contributed by atoms with Gasteiger partial charge in [0.2, 0.25) is 0 Å². The van der Waals surface area contributed by atoms with Crippen LogP contribution in [0, 0.1) is 10.8 Å². The number of carbonyl (C=O) groups excluding carboxylic acids is 4. The predicted octanol–water partition coefficient (Wildman–Crippen LogP) is -1.26. The molecule has 0 saturated carbocycles. The summed E-state index contributed by atoms with van der Waals surface area (Å²) in [5, 5.41) is 64.5. The molecule has 220 valence electrons. The summed E-state index contributed by atoms with van der Waals surface area (Å²) in [5.74, 6) is -12.9. The summed E-state index contributed by atoms with van der Waals surface area (Å²) >= 11 is 0. The molecule has 0 aliphatic carbocycles. The Morgan fingerprint density at radius 3 is 0.974 bits per heavy atom. The van der Waals surface area contributed by atoms with Gasteiger partial charge in [-0.05, 0) is 27.7 Å². The maximum Gasteiger partial charge on any atom is 0.385 e. The molecular formula is C25H36O14. The molecule has 0 aromatic rings. The maximum atomic E-state index is 12.6. The molecule has 0 aliphatic heterocycles. The monoisotopic (exact) mass is 560 g/mol. The van der Waals surface area contributed by atoms with Gasteiger partial charge in [0.25, 0.3) is 5.79 Å². The summed E-state index contributed by atoms with van der Waals surface area (Å²) < 4.78 is 20.2. The first-order valence-electron chi connectivity index (χ1n) is 11.2. The lowest BCUT2D eigenvalue weighted by Crippen LogP contribution is -2.76. The minimum Gasteiger partial charge on any atom is -0.416 e. The van der Waals surface area contributed by atoms with Crippen molar-refractivity contribution in [2.45, 2.75) is 39.5 Å². The highest BCUT2D eigenvalue weighted by atomic mass is 16.8. The van der Waals surface area contributed by atoms with Crippen molar-refractivity contribution in [3.05, 3.63) is 48.6 Å². The largest absolute Gasteiger partial charge is 0.416 e. The topological polar surface area (TPSA) is 227 Å². The van der Waals surface area contributed by atoms with E-state index in [1.807, 2.05) is 0 Å². The van der Waals surface area contributed by atoms with Gasteiger partial charge in [0.1, 0.15) is 17.4 Å². The van der Waals surface area contributed by atoms with E-state index in [9.17, 15) is 49.8 Å². The zero-order valence-electron chi connectivity index (χ0n) is 22.3. The molecule has 0 spiro atoms. The molecule has 14 nitrogen and oxygen atoms in total. The Balaban J connectivity index is 8.03. The van der Waals surface area contributed by atoms with Crippen LogP contribution >= 0.6 is 0 Å². The average Bonchev–Trinajstić information content (AvgIpc) is 2.86. The number of hydrogen-bond acceptors (Lipinski definition) is 14. The number of carbonyl (C=O) groups is 4. The van der Waals surface area contributed by atoms with Crippen molar-refractivity contribution in [3.63, 3.8) is 0 Å². The summed E-state index contributed by atoms with van der Waals surface area (Å²) in [7, 11) is 0. The Morgan fingerprint density at radius 1 is 0.513 bits per heavy atom. The van der Waals surface area contributed by atoms with E-state index < -0.39 is 90.6 Å². The molecule has 0 bridgehead atoms. The zero-order chi connectivity index (χ0) is 31.0. The van der Waals surface area contributed by atoms with Gasteiger partial charge in [0, 0.05) is 22.3 Å². The van der Waals surface area contributed by atoms with Gasteiger partial charge in [0.15, 0.2) is 0 Å². The molecule has 0 saturated heterocycles. The van der Waals surface area contributed by atoms with Crippen molar-refractivity contribution in [2.75, 3.05) is 33.0 Å². The van der Waals surface area contributed by atoms with Crippen molar-refractivity contribution in [2.24, 2.45) is 10.8 Å². The minimum absolute atomic E-state index is 0.361. The predicted molar refractivity (Wildman–Crippen MR) is 132 cm³/mol. The van der Waals surface area contributed by atoms with Crippen LogP contribution in [0.15, 0.2) is 48.6 Å². The number of rotatable bonds is 16. The summed E-state index contributed by atoms with van der Waals surface area (Å²) in [5.41, 5.74) is -7.93. The van der Waals surface area contributed by atoms with Gasteiger partial charge in [-0.1, -0.05) is 26.3 Å². The molecule has 6 N–H and O–H groups in total. The molecule has 0 amide bonds. The van der Waals surface area contributed by atoms with E-state index in [4.69, 9.17) is 18.9 Å². The van der Waals surface area contributed by atoms with Crippen LogP contribution in [0.3, 0.4) is 0 Å². The van der Waals surface area contributed by atoms with Crippen LogP contribution in [0.4, 0.5) is 0 Å². The first-order valence-corrected chi connectivity index (χ1v) is 11.2. The highest BCUT2D eigenvalue weighted by Gasteiger charge is 2.77. The normalized spacial score (nSPS) is 12.2. The van der Waals surface area contributed by atoms with Gasteiger partial charge in [-0.25, -0.2) is 19.2 Å². The number of hydrogen-bond donors (Lipinski definition) is 6. The lowest BCUT2D eigenvalue weighted by Gasteiger charge is -2.57. The minimum atomic E-state index is -3.86. The third-order valence-corrected chi connectivity index (χ3v) is 5.91. The molecule has 0 aromatic carbocycles. The van der Waals surface area contributed by atoms with E-state index in [1.165, 1.54) is 0 Å². The van der Waals surface area contributed by atoms with Crippen molar-refractivity contribution in [1.29, 1.82) is 0 Å². The molecule has 0 fully saturated rings. The van der Waals surface area contributed by atoms with Gasteiger partial charge in [-0.15, -0.1) is 0 Å². The zero-order valence-corrected chi connectivity index (χ0v) is 22.3. The summed E-state index contributed by atoms with van der Waals surface area (Å²) in [6.45, 7) is 9.61. The molecule has 0 radical (unpaired) electrons. The van der Waals surface area contributed by atoms with E-state index in [2.05, 4.69) is 26.3 Å². The molecule has 0 rings (SSSR count). The van der Waals surface area contributed by atoms with Gasteiger partial charge in [-0.3, -0.25) is 0 Å². The molecule has 0 aliphatic rings. The molecule has 0 heterocycles. The van der Waals surface area contributed by atoms with Gasteiger partial charge in [0.05, 0.1) is 26.4 Å². The Bertz CT molecular complexity index is 960.